The molecule has 17 heavy (non-hydrogen) atoms. The number of hydrogen-bond donors (Lipinski definition) is 2. The lowest BCUT2D eigenvalue weighted by Gasteiger charge is -2.45. The van der Waals surface area contributed by atoms with E-state index >= 15 is 0 Å². The third-order valence-corrected chi connectivity index (χ3v) is 3.84. The van der Waals surface area contributed by atoms with Crippen LogP contribution < -0.4 is 5.73 Å². The maximum atomic E-state index is 11.7. The maximum absolute atomic E-state index is 11.7. The molecule has 5 nitrogen and oxygen atoms in total. The predicted molar refractivity (Wildman–Crippen MR) is 63.4 cm³/mol. The van der Waals surface area contributed by atoms with Crippen molar-refractivity contribution in [2.45, 2.75) is 50.4 Å². The Hall–Kier alpha value is -0.650. The molecule has 0 aromatic heterocycles. The van der Waals surface area contributed by atoms with E-state index in [-0.39, 0.29) is 17.6 Å². The van der Waals surface area contributed by atoms with Crippen molar-refractivity contribution < 1.29 is 14.6 Å². The lowest BCUT2D eigenvalue weighted by molar-refractivity contribution is -0.154. The molecule has 0 saturated carbocycles. The molecule has 2 heterocycles. The van der Waals surface area contributed by atoms with Crippen molar-refractivity contribution >= 4 is 5.91 Å². The van der Waals surface area contributed by atoms with Crippen LogP contribution in [0.2, 0.25) is 0 Å². The quantitative estimate of drug-likeness (QED) is 0.671. The molecule has 1 spiro atoms. The van der Waals surface area contributed by atoms with Gasteiger partial charge in [0.2, 0.25) is 5.91 Å². The van der Waals surface area contributed by atoms with E-state index in [4.69, 9.17) is 10.5 Å². The number of nitrogens with two attached hydrogens (primary N) is 1. The Labute approximate surface area is 102 Å². The molecule has 0 aromatic rings. The fraction of sp³-hybridized carbons (Fsp3) is 0.917. The van der Waals surface area contributed by atoms with E-state index in [1.165, 1.54) is 0 Å². The first-order valence-electron chi connectivity index (χ1n) is 6.39. The van der Waals surface area contributed by atoms with E-state index in [2.05, 4.69) is 0 Å². The van der Waals surface area contributed by atoms with E-state index in [1.807, 2.05) is 0 Å². The summed E-state index contributed by atoms with van der Waals surface area (Å²) in [4.78, 5) is 13.5. The molecule has 2 saturated heterocycles. The van der Waals surface area contributed by atoms with Crippen LogP contribution in [0.25, 0.3) is 0 Å². The molecular weight excluding hydrogens is 220 g/mol. The molecule has 0 aliphatic carbocycles. The maximum Gasteiger partial charge on any atom is 0.239 e. The summed E-state index contributed by atoms with van der Waals surface area (Å²) in [6, 6.07) is -0.429. The third kappa shape index (κ3) is 2.78. The highest BCUT2D eigenvalue weighted by Crippen LogP contribution is 2.35. The van der Waals surface area contributed by atoms with Gasteiger partial charge in [-0.15, -0.1) is 0 Å². The van der Waals surface area contributed by atoms with Crippen LogP contribution in [-0.2, 0) is 9.53 Å². The van der Waals surface area contributed by atoms with Crippen LogP contribution >= 0.6 is 0 Å². The third-order valence-electron chi connectivity index (χ3n) is 3.84. The number of hydrogen-bond acceptors (Lipinski definition) is 4. The summed E-state index contributed by atoms with van der Waals surface area (Å²) in [5.74, 6) is 0.0104. The minimum atomic E-state index is -0.429. The average molecular weight is 242 g/mol. The number of ether oxygens (including phenoxy) is 1. The molecule has 0 radical (unpaired) electrons. The average Bonchev–Trinajstić information content (AvgIpc) is 2.29. The van der Waals surface area contributed by atoms with Gasteiger partial charge in [-0.25, -0.2) is 0 Å². The molecule has 2 rings (SSSR count). The molecular formula is C12H22N2O3. The van der Waals surface area contributed by atoms with Crippen molar-refractivity contribution in [3.8, 4) is 0 Å². The van der Waals surface area contributed by atoms with Crippen LogP contribution in [0.5, 0.6) is 0 Å². The first-order chi connectivity index (χ1) is 8.02. The summed E-state index contributed by atoms with van der Waals surface area (Å²) in [5, 5.41) is 9.71. The standard InChI is InChI=1S/C12H22N2O3/c1-9(13)11(16)14-5-3-12(4-6-14)8-10(15)2-7-17-12/h9-10,15H,2-8,13H2,1H3/t9-,10-/m1/s1. The summed E-state index contributed by atoms with van der Waals surface area (Å²) in [5.41, 5.74) is 5.39. The molecule has 2 fully saturated rings. The van der Waals surface area contributed by atoms with Crippen LogP contribution in [-0.4, -0.2) is 53.4 Å². The topological polar surface area (TPSA) is 75.8 Å². The largest absolute Gasteiger partial charge is 0.393 e. The Morgan fingerprint density at radius 2 is 2.18 bits per heavy atom. The van der Waals surface area contributed by atoms with Crippen LogP contribution in [0.4, 0.5) is 0 Å². The molecule has 3 N–H and O–H groups in total. The second kappa shape index (κ2) is 4.92. The molecule has 98 valence electrons. The minimum absolute atomic E-state index is 0.0104. The van der Waals surface area contributed by atoms with Gasteiger partial charge in [0.15, 0.2) is 0 Å². The number of carbonyl (C=O) groups is 1. The zero-order valence-corrected chi connectivity index (χ0v) is 10.4. The monoisotopic (exact) mass is 242 g/mol. The number of amides is 1. The first kappa shape index (κ1) is 12.8. The Morgan fingerprint density at radius 1 is 1.53 bits per heavy atom. The van der Waals surface area contributed by atoms with Gasteiger partial charge in [-0.3, -0.25) is 4.79 Å². The van der Waals surface area contributed by atoms with Crippen molar-refractivity contribution in [1.29, 1.82) is 0 Å². The van der Waals surface area contributed by atoms with Crippen molar-refractivity contribution in [3.05, 3.63) is 0 Å². The van der Waals surface area contributed by atoms with E-state index in [1.54, 1.807) is 11.8 Å². The summed E-state index contributed by atoms with van der Waals surface area (Å²) in [6.45, 7) is 3.72. The van der Waals surface area contributed by atoms with Gasteiger partial charge in [-0.1, -0.05) is 0 Å². The van der Waals surface area contributed by atoms with Crippen molar-refractivity contribution in [2.75, 3.05) is 19.7 Å². The highest BCUT2D eigenvalue weighted by Gasteiger charge is 2.40. The van der Waals surface area contributed by atoms with Crippen LogP contribution in [0.1, 0.15) is 32.6 Å². The zero-order valence-electron chi connectivity index (χ0n) is 10.4. The lowest BCUT2D eigenvalue weighted by Crippen LogP contribution is -2.54. The van der Waals surface area contributed by atoms with Crippen molar-refractivity contribution in [3.63, 3.8) is 0 Å². The second-order valence-electron chi connectivity index (χ2n) is 5.29. The normalized spacial score (nSPS) is 30.3. The molecule has 2 aliphatic rings. The Balaban J connectivity index is 1.91. The number of aliphatic hydroxyl groups is 1. The van der Waals surface area contributed by atoms with Crippen LogP contribution in [0.3, 0.4) is 0 Å². The van der Waals surface area contributed by atoms with E-state index in [9.17, 15) is 9.90 Å². The first-order valence-corrected chi connectivity index (χ1v) is 6.39. The van der Waals surface area contributed by atoms with Gasteiger partial charge in [-0.05, 0) is 26.2 Å². The molecule has 0 unspecified atom stereocenters. The Kier molecular flexibility index (Phi) is 3.70. The Bertz CT molecular complexity index is 285. The molecule has 5 heteroatoms. The highest BCUT2D eigenvalue weighted by molar-refractivity contribution is 5.81. The van der Waals surface area contributed by atoms with Crippen LogP contribution in [0.15, 0.2) is 0 Å². The number of rotatable bonds is 1. The van der Waals surface area contributed by atoms with E-state index < -0.39 is 6.04 Å². The summed E-state index contributed by atoms with van der Waals surface area (Å²) in [6.07, 6.45) is 2.79. The summed E-state index contributed by atoms with van der Waals surface area (Å²) in [7, 11) is 0. The number of aliphatic hydroxyl groups excluding tert-OH is 1. The van der Waals surface area contributed by atoms with Crippen molar-refractivity contribution in [1.82, 2.24) is 4.90 Å². The van der Waals surface area contributed by atoms with Gasteiger partial charge in [0.1, 0.15) is 0 Å². The van der Waals surface area contributed by atoms with Gasteiger partial charge < -0.3 is 20.5 Å². The van der Waals surface area contributed by atoms with Crippen LogP contribution in [0, 0.1) is 0 Å². The lowest BCUT2D eigenvalue weighted by atomic mass is 9.83. The van der Waals surface area contributed by atoms with Gasteiger partial charge in [0.25, 0.3) is 0 Å². The smallest absolute Gasteiger partial charge is 0.239 e. The molecule has 2 atom stereocenters. The fourth-order valence-corrected chi connectivity index (χ4v) is 2.77. The van der Waals surface area contributed by atoms with Gasteiger partial charge in [-0.2, -0.15) is 0 Å². The molecule has 0 bridgehead atoms. The second-order valence-corrected chi connectivity index (χ2v) is 5.29. The fourth-order valence-electron chi connectivity index (χ4n) is 2.77. The number of likely N-dealkylation sites (tertiary alicyclic amines) is 1. The molecule has 2 aliphatic heterocycles. The summed E-state index contributed by atoms with van der Waals surface area (Å²) >= 11 is 0. The Morgan fingerprint density at radius 3 is 2.71 bits per heavy atom. The molecule has 0 aromatic carbocycles. The summed E-state index contributed by atoms with van der Waals surface area (Å²) < 4.78 is 5.84. The zero-order chi connectivity index (χ0) is 12.5. The highest BCUT2D eigenvalue weighted by atomic mass is 16.5. The van der Waals surface area contributed by atoms with E-state index in [0.29, 0.717) is 26.1 Å². The molecule has 1 amide bonds. The SMILES string of the molecule is C[C@@H](N)C(=O)N1CCC2(CC1)C[C@H](O)CCO2. The minimum Gasteiger partial charge on any atom is -0.393 e. The van der Waals surface area contributed by atoms with E-state index in [0.717, 1.165) is 19.3 Å². The number of piperidine rings is 1. The van der Waals surface area contributed by atoms with Gasteiger partial charge in [0, 0.05) is 26.1 Å². The predicted octanol–water partition coefficient (Wildman–Crippen LogP) is -0.134. The number of carbonyl (C=O) groups excluding carboxylic acids is 1. The number of nitrogens with zero attached hydrogens (tertiary/aromatic N) is 1. The van der Waals surface area contributed by atoms with Crippen molar-refractivity contribution in [2.24, 2.45) is 5.73 Å². The van der Waals surface area contributed by atoms with Gasteiger partial charge in [0.05, 0.1) is 17.7 Å². The van der Waals surface area contributed by atoms with Gasteiger partial charge >= 0.3 is 0 Å².